The third-order valence-electron chi connectivity index (χ3n) is 4.60. The Hall–Kier alpha value is -3.16. The fourth-order valence-electron chi connectivity index (χ4n) is 2.63. The Morgan fingerprint density at radius 2 is 1.56 bits per heavy atom. The summed E-state index contributed by atoms with van der Waals surface area (Å²) in [6.45, 7) is 0.444. The normalized spacial score (nSPS) is 13.1. The van der Waals surface area contributed by atoms with E-state index in [1.807, 2.05) is 5.32 Å². The highest BCUT2D eigenvalue weighted by molar-refractivity contribution is 8.00. The van der Waals surface area contributed by atoms with Gasteiger partial charge in [0.25, 0.3) is 0 Å². The molecule has 0 aromatic carbocycles. The lowest BCUT2D eigenvalue weighted by atomic mass is 10.1. The Labute approximate surface area is 200 Å². The summed E-state index contributed by atoms with van der Waals surface area (Å²) in [6.07, 6.45) is 2.89. The lowest BCUT2D eigenvalue weighted by Crippen LogP contribution is -2.52. The molecule has 3 atom stereocenters. The maximum Gasteiger partial charge on any atom is 0.327 e. The molecule has 0 saturated carbocycles. The van der Waals surface area contributed by atoms with Gasteiger partial charge >= 0.3 is 23.9 Å². The molecule has 0 aromatic rings. The summed E-state index contributed by atoms with van der Waals surface area (Å²) < 4.78 is 0. The van der Waals surface area contributed by atoms with Gasteiger partial charge in [0.15, 0.2) is 0 Å². The number of carboxylic acids is 3. The summed E-state index contributed by atoms with van der Waals surface area (Å²) in [7, 11) is 1.57. The first-order chi connectivity index (χ1) is 16.0. The molecule has 34 heavy (non-hydrogen) atoms. The minimum atomic E-state index is -1.53. The van der Waals surface area contributed by atoms with Crippen LogP contribution in [-0.2, 0) is 28.8 Å². The summed E-state index contributed by atoms with van der Waals surface area (Å²) in [4.78, 5) is 80.6. The zero-order valence-corrected chi connectivity index (χ0v) is 19.6. The number of thioether (sulfide) groups is 1. The molecular formula is C20H31N3O10S. The largest absolute Gasteiger partial charge is 0.481 e. The number of hydrogen-bond acceptors (Lipinski definition) is 8. The molecule has 192 valence electrons. The average Bonchev–Trinajstić information content (AvgIpc) is 2.77. The molecule has 3 amide bonds. The van der Waals surface area contributed by atoms with Crippen molar-refractivity contribution in [3.05, 3.63) is 0 Å². The van der Waals surface area contributed by atoms with Crippen molar-refractivity contribution in [3.8, 4) is 0 Å². The molecule has 0 saturated heterocycles. The first kappa shape index (κ1) is 30.8. The van der Waals surface area contributed by atoms with Crippen molar-refractivity contribution in [1.29, 1.82) is 0 Å². The van der Waals surface area contributed by atoms with Crippen molar-refractivity contribution in [3.63, 3.8) is 0 Å². The van der Waals surface area contributed by atoms with Crippen LogP contribution >= 0.6 is 11.8 Å². The van der Waals surface area contributed by atoms with E-state index in [4.69, 9.17) is 10.2 Å². The van der Waals surface area contributed by atoms with Gasteiger partial charge in [-0.2, -0.15) is 0 Å². The van der Waals surface area contributed by atoms with Crippen molar-refractivity contribution in [1.82, 2.24) is 15.5 Å². The van der Waals surface area contributed by atoms with Crippen LogP contribution in [0.1, 0.15) is 44.9 Å². The summed E-state index contributed by atoms with van der Waals surface area (Å²) in [6, 6.07) is -4.15. The van der Waals surface area contributed by atoms with Crippen LogP contribution in [0.4, 0.5) is 4.79 Å². The number of carboxylic acid groups (broad SMARTS) is 3. The van der Waals surface area contributed by atoms with Gasteiger partial charge < -0.3 is 40.4 Å². The number of nitrogens with one attached hydrogen (secondary N) is 2. The zero-order chi connectivity index (χ0) is 26.1. The fourth-order valence-corrected chi connectivity index (χ4v) is 3.63. The van der Waals surface area contributed by atoms with Crippen LogP contribution < -0.4 is 10.6 Å². The second kappa shape index (κ2) is 17.3. The molecule has 0 aliphatic carbocycles. The molecule has 0 aliphatic heterocycles. The predicted octanol–water partition coefficient (Wildman–Crippen LogP) is -0.0347. The van der Waals surface area contributed by atoms with E-state index < -0.39 is 54.1 Å². The number of urea groups is 1. The predicted molar refractivity (Wildman–Crippen MR) is 120 cm³/mol. The number of carbonyl (C=O) groups is 7. The second-order valence-corrected chi connectivity index (χ2v) is 8.65. The highest BCUT2D eigenvalue weighted by atomic mass is 32.2. The van der Waals surface area contributed by atoms with E-state index in [-0.39, 0.29) is 18.1 Å². The molecule has 0 aromatic heterocycles. The molecule has 14 heteroatoms. The van der Waals surface area contributed by atoms with Crippen LogP contribution in [0.5, 0.6) is 0 Å². The number of aldehydes is 2. The van der Waals surface area contributed by atoms with Gasteiger partial charge in [-0.1, -0.05) is 6.42 Å². The van der Waals surface area contributed by atoms with Crippen molar-refractivity contribution in [2.24, 2.45) is 0 Å². The first-order valence-corrected chi connectivity index (χ1v) is 11.6. The summed E-state index contributed by atoms with van der Waals surface area (Å²) in [5, 5.41) is 30.2. The minimum absolute atomic E-state index is 0.173. The molecule has 0 heterocycles. The van der Waals surface area contributed by atoms with Gasteiger partial charge in [-0.3, -0.25) is 9.59 Å². The second-order valence-electron chi connectivity index (χ2n) is 7.38. The lowest BCUT2D eigenvalue weighted by Gasteiger charge is -2.21. The Kier molecular flexibility index (Phi) is 15.7. The van der Waals surface area contributed by atoms with Gasteiger partial charge in [0.05, 0.1) is 5.25 Å². The number of amides is 3. The molecule has 13 nitrogen and oxygen atoms in total. The molecule has 0 bridgehead atoms. The zero-order valence-electron chi connectivity index (χ0n) is 18.8. The monoisotopic (exact) mass is 505 g/mol. The highest BCUT2D eigenvalue weighted by Crippen LogP contribution is 2.16. The maximum atomic E-state index is 12.3. The molecular weight excluding hydrogens is 474 g/mol. The number of carbonyl (C=O) groups excluding carboxylic acids is 4. The summed E-state index contributed by atoms with van der Waals surface area (Å²) in [5.74, 6) is -4.78. The number of aliphatic carboxylic acids is 3. The van der Waals surface area contributed by atoms with Gasteiger partial charge in [-0.15, -0.1) is 11.8 Å². The Morgan fingerprint density at radius 3 is 2.09 bits per heavy atom. The van der Waals surface area contributed by atoms with Crippen molar-refractivity contribution >= 4 is 54.2 Å². The Balaban J connectivity index is 4.70. The molecule has 3 unspecified atom stereocenters. The fraction of sp³-hybridized carbons (Fsp3) is 0.650. The van der Waals surface area contributed by atoms with Gasteiger partial charge in [0, 0.05) is 38.6 Å². The van der Waals surface area contributed by atoms with Crippen LogP contribution in [0.2, 0.25) is 0 Å². The summed E-state index contributed by atoms with van der Waals surface area (Å²) >= 11 is 0.848. The molecule has 0 rings (SSSR count). The van der Waals surface area contributed by atoms with Crippen molar-refractivity contribution < 1.29 is 48.9 Å². The van der Waals surface area contributed by atoms with E-state index in [1.54, 1.807) is 7.05 Å². The number of hydrogen-bond donors (Lipinski definition) is 5. The molecule has 0 spiro atoms. The highest BCUT2D eigenvalue weighted by Gasteiger charge is 2.26. The van der Waals surface area contributed by atoms with E-state index in [2.05, 4.69) is 5.32 Å². The molecule has 0 aliphatic rings. The van der Waals surface area contributed by atoms with E-state index >= 15 is 0 Å². The maximum absolute atomic E-state index is 12.3. The van der Waals surface area contributed by atoms with Crippen molar-refractivity contribution in [2.75, 3.05) is 19.3 Å². The standard InChI is InChI=1S/C20H31N3O10S/c1-23(8-4-2-3-5-9-24)16(26)10-13(11-25)34-12-15(19(31)32)22-20(33)21-14(18(29)30)6-7-17(27)28/h9,11,13-15H,2-8,10,12H2,1H3,(H,27,28)(H,29,30)(H,31,32)(H2,21,22,33). The topological polar surface area (TPSA) is 207 Å². The smallest absolute Gasteiger partial charge is 0.327 e. The SMILES string of the molecule is CN(CCCCCC=O)C(=O)CC(C=O)SCC(NC(=O)NC(CCC(=O)O)C(=O)O)C(=O)O. The Bertz CT molecular complexity index is 733. The van der Waals surface area contributed by atoms with Crippen LogP contribution in [0.15, 0.2) is 0 Å². The van der Waals surface area contributed by atoms with E-state index in [0.717, 1.165) is 30.9 Å². The van der Waals surface area contributed by atoms with E-state index in [0.29, 0.717) is 25.7 Å². The van der Waals surface area contributed by atoms with E-state index in [1.165, 1.54) is 4.90 Å². The van der Waals surface area contributed by atoms with Crippen molar-refractivity contribution in [2.45, 2.75) is 62.3 Å². The number of rotatable bonds is 19. The molecule has 5 N–H and O–H groups in total. The average molecular weight is 506 g/mol. The van der Waals surface area contributed by atoms with Gasteiger partial charge in [-0.25, -0.2) is 14.4 Å². The van der Waals surface area contributed by atoms with Gasteiger partial charge in [0.2, 0.25) is 5.91 Å². The Morgan fingerprint density at radius 1 is 0.941 bits per heavy atom. The number of unbranched alkanes of at least 4 members (excludes halogenated alkanes) is 3. The third-order valence-corrected chi connectivity index (χ3v) is 5.83. The molecule has 0 radical (unpaired) electrons. The van der Waals surface area contributed by atoms with Crippen LogP contribution in [0.25, 0.3) is 0 Å². The minimum Gasteiger partial charge on any atom is -0.481 e. The molecule has 0 fully saturated rings. The lowest BCUT2D eigenvalue weighted by molar-refractivity contribution is -0.140. The third kappa shape index (κ3) is 14.1. The van der Waals surface area contributed by atoms with Gasteiger partial charge in [0.1, 0.15) is 24.7 Å². The van der Waals surface area contributed by atoms with Crippen LogP contribution in [-0.4, -0.2) is 99.3 Å². The van der Waals surface area contributed by atoms with Crippen LogP contribution in [0.3, 0.4) is 0 Å². The van der Waals surface area contributed by atoms with Crippen LogP contribution in [0, 0.1) is 0 Å². The summed E-state index contributed by atoms with van der Waals surface area (Å²) in [5.41, 5.74) is 0. The first-order valence-electron chi connectivity index (χ1n) is 10.5. The van der Waals surface area contributed by atoms with Gasteiger partial charge in [-0.05, 0) is 19.3 Å². The number of nitrogens with zero attached hydrogens (tertiary/aromatic N) is 1. The quantitative estimate of drug-likeness (QED) is 0.116. The van der Waals surface area contributed by atoms with E-state index in [9.17, 15) is 38.7 Å².